The highest BCUT2D eigenvalue weighted by molar-refractivity contribution is 5.98. The van der Waals surface area contributed by atoms with Gasteiger partial charge in [0.1, 0.15) is 18.3 Å². The molecule has 2 fully saturated rings. The highest BCUT2D eigenvalue weighted by atomic mass is 16.5. The molecular formula is C28H37N5O3. The summed E-state index contributed by atoms with van der Waals surface area (Å²) >= 11 is 0. The number of nitriles is 1. The summed E-state index contributed by atoms with van der Waals surface area (Å²) in [6, 6.07) is 11.1. The Morgan fingerprint density at radius 1 is 1.19 bits per heavy atom. The van der Waals surface area contributed by atoms with Gasteiger partial charge in [-0.3, -0.25) is 24.5 Å². The Morgan fingerprint density at radius 3 is 2.50 bits per heavy atom. The lowest BCUT2D eigenvalue weighted by molar-refractivity contribution is -0.126. The minimum absolute atomic E-state index is 0.0119. The Morgan fingerprint density at radius 2 is 1.92 bits per heavy atom. The lowest BCUT2D eigenvalue weighted by Crippen LogP contribution is -2.55. The summed E-state index contributed by atoms with van der Waals surface area (Å²) in [5, 5.41) is 9.73. The molecule has 3 heterocycles. The molecule has 1 aromatic heterocycles. The fourth-order valence-corrected chi connectivity index (χ4v) is 5.15. The summed E-state index contributed by atoms with van der Waals surface area (Å²) in [5.74, 6) is -0.0956. The number of hydrogen-bond donors (Lipinski definition) is 0. The Bertz CT molecular complexity index is 1040. The maximum atomic E-state index is 14.3. The average molecular weight is 492 g/mol. The van der Waals surface area contributed by atoms with E-state index in [1.54, 1.807) is 24.4 Å². The third-order valence-corrected chi connectivity index (χ3v) is 7.14. The molecule has 0 spiro atoms. The number of morpholine rings is 1. The van der Waals surface area contributed by atoms with Gasteiger partial charge in [0, 0.05) is 44.8 Å². The van der Waals surface area contributed by atoms with Gasteiger partial charge in [0.05, 0.1) is 13.2 Å². The zero-order chi connectivity index (χ0) is 25.7. The van der Waals surface area contributed by atoms with E-state index < -0.39 is 18.3 Å². The first-order valence-corrected chi connectivity index (χ1v) is 12.7. The van der Waals surface area contributed by atoms with Crippen molar-refractivity contribution in [2.45, 2.75) is 57.3 Å². The van der Waals surface area contributed by atoms with Crippen LogP contribution in [0.3, 0.4) is 0 Å². The van der Waals surface area contributed by atoms with Gasteiger partial charge in [-0.2, -0.15) is 5.26 Å². The lowest BCUT2D eigenvalue weighted by Gasteiger charge is -2.43. The van der Waals surface area contributed by atoms with Gasteiger partial charge in [0.25, 0.3) is 5.91 Å². The number of aromatic nitrogens is 1. The monoisotopic (exact) mass is 491 g/mol. The fraction of sp³-hybridized carbons (Fsp3) is 0.536. The van der Waals surface area contributed by atoms with Crippen LogP contribution in [0.1, 0.15) is 50.8 Å². The SMILES string of the molecule is COC(C(c1cccnc1)N(C(=O)[C@H]1CCCN1C#N)c1ccc(C(C)(C)C)cc1)N1CCOCC1. The van der Waals surface area contributed by atoms with Crippen LogP contribution < -0.4 is 4.90 Å². The van der Waals surface area contributed by atoms with Crippen molar-refractivity contribution in [3.63, 3.8) is 0 Å². The van der Waals surface area contributed by atoms with Crippen molar-refractivity contribution in [1.29, 1.82) is 5.26 Å². The molecule has 36 heavy (non-hydrogen) atoms. The van der Waals surface area contributed by atoms with Crippen LogP contribution in [0.5, 0.6) is 0 Å². The van der Waals surface area contributed by atoms with E-state index in [0.29, 0.717) is 39.3 Å². The summed E-state index contributed by atoms with van der Waals surface area (Å²) in [6.45, 7) is 9.74. The summed E-state index contributed by atoms with van der Waals surface area (Å²) in [4.78, 5) is 24.4. The van der Waals surface area contributed by atoms with Gasteiger partial charge in [-0.05, 0) is 47.6 Å². The lowest BCUT2D eigenvalue weighted by atomic mass is 9.87. The first-order chi connectivity index (χ1) is 17.3. The smallest absolute Gasteiger partial charge is 0.251 e. The van der Waals surface area contributed by atoms with Gasteiger partial charge in [0.2, 0.25) is 0 Å². The molecule has 1 amide bonds. The van der Waals surface area contributed by atoms with Crippen molar-refractivity contribution >= 4 is 11.6 Å². The van der Waals surface area contributed by atoms with Crippen LogP contribution in [0.4, 0.5) is 5.69 Å². The van der Waals surface area contributed by atoms with Gasteiger partial charge in [-0.25, -0.2) is 0 Å². The van der Waals surface area contributed by atoms with E-state index in [-0.39, 0.29) is 11.3 Å². The fourth-order valence-electron chi connectivity index (χ4n) is 5.15. The number of carbonyl (C=O) groups excluding carboxylic acids is 1. The van der Waals surface area contributed by atoms with Crippen molar-refractivity contribution in [2.75, 3.05) is 44.9 Å². The maximum Gasteiger partial charge on any atom is 0.251 e. The van der Waals surface area contributed by atoms with Gasteiger partial charge in [-0.1, -0.05) is 39.0 Å². The predicted octanol–water partition coefficient (Wildman–Crippen LogP) is 3.70. The van der Waals surface area contributed by atoms with Crippen LogP contribution in [0.2, 0.25) is 0 Å². The topological polar surface area (TPSA) is 81.9 Å². The molecular weight excluding hydrogens is 454 g/mol. The molecule has 2 unspecified atom stereocenters. The average Bonchev–Trinajstić information content (AvgIpc) is 3.38. The van der Waals surface area contributed by atoms with Crippen molar-refractivity contribution in [3.8, 4) is 6.19 Å². The number of likely N-dealkylation sites (tertiary alicyclic amines) is 1. The molecule has 8 heteroatoms. The number of methoxy groups -OCH3 is 1. The van der Waals surface area contributed by atoms with Crippen LogP contribution in [-0.2, 0) is 19.7 Å². The maximum absolute atomic E-state index is 14.3. The number of anilines is 1. The second-order valence-corrected chi connectivity index (χ2v) is 10.5. The van der Waals surface area contributed by atoms with E-state index in [4.69, 9.17) is 9.47 Å². The van der Waals surface area contributed by atoms with Crippen LogP contribution in [-0.4, -0.2) is 72.9 Å². The van der Waals surface area contributed by atoms with Gasteiger partial charge < -0.3 is 9.47 Å². The first kappa shape index (κ1) is 26.1. The number of pyridine rings is 1. The standard InChI is InChI=1S/C28H37N5O3/c1-28(2,3)22-9-11-23(12-10-22)33(26(34)24-8-6-14-32(24)20-29)25(21-7-5-13-30-19-21)27(35-4)31-15-17-36-18-16-31/h5,7,9-13,19,24-25,27H,6,8,14-18H2,1-4H3/t24-,25?,27?/m1/s1. The van der Waals surface area contributed by atoms with Crippen LogP contribution >= 0.6 is 0 Å². The second kappa shape index (κ2) is 11.4. The largest absolute Gasteiger partial charge is 0.379 e. The number of nitrogens with zero attached hydrogens (tertiary/aromatic N) is 5. The van der Waals surface area contributed by atoms with Crippen LogP contribution in [0, 0.1) is 11.5 Å². The Labute approximate surface area is 214 Å². The summed E-state index contributed by atoms with van der Waals surface area (Å²) < 4.78 is 11.7. The number of hydrogen-bond acceptors (Lipinski definition) is 7. The molecule has 2 aromatic rings. The van der Waals surface area contributed by atoms with Gasteiger partial charge >= 0.3 is 0 Å². The van der Waals surface area contributed by atoms with Gasteiger partial charge in [0.15, 0.2) is 6.19 Å². The molecule has 2 saturated heterocycles. The molecule has 1 aromatic carbocycles. The Kier molecular flexibility index (Phi) is 8.24. The molecule has 2 aliphatic heterocycles. The summed E-state index contributed by atoms with van der Waals surface area (Å²) in [5.41, 5.74) is 2.84. The number of carbonyl (C=O) groups is 1. The quantitative estimate of drug-likeness (QED) is 0.546. The van der Waals surface area contributed by atoms with E-state index in [0.717, 1.165) is 17.7 Å². The molecule has 192 valence electrons. The van der Waals surface area contributed by atoms with Crippen molar-refractivity contribution in [2.24, 2.45) is 0 Å². The highest BCUT2D eigenvalue weighted by Gasteiger charge is 2.42. The Balaban J connectivity index is 1.84. The number of benzene rings is 1. The zero-order valence-corrected chi connectivity index (χ0v) is 21.8. The van der Waals surface area contributed by atoms with Crippen molar-refractivity contribution in [3.05, 3.63) is 59.9 Å². The molecule has 0 N–H and O–H groups in total. The molecule has 0 bridgehead atoms. The predicted molar refractivity (Wildman–Crippen MR) is 138 cm³/mol. The third kappa shape index (κ3) is 5.54. The summed E-state index contributed by atoms with van der Waals surface area (Å²) in [6.07, 6.45) is 6.82. The molecule has 0 saturated carbocycles. The van der Waals surface area contributed by atoms with Crippen LogP contribution in [0.15, 0.2) is 48.8 Å². The zero-order valence-electron chi connectivity index (χ0n) is 21.8. The van der Waals surface area contributed by atoms with Crippen LogP contribution in [0.25, 0.3) is 0 Å². The van der Waals surface area contributed by atoms with E-state index in [2.05, 4.69) is 49.0 Å². The molecule has 8 nitrogen and oxygen atoms in total. The highest BCUT2D eigenvalue weighted by Crippen LogP contribution is 2.36. The summed E-state index contributed by atoms with van der Waals surface area (Å²) in [7, 11) is 1.69. The van der Waals surface area contributed by atoms with E-state index in [1.165, 1.54) is 5.56 Å². The van der Waals surface area contributed by atoms with Crippen molar-refractivity contribution in [1.82, 2.24) is 14.8 Å². The number of ether oxygens (including phenoxy) is 2. The molecule has 3 atom stereocenters. The first-order valence-electron chi connectivity index (χ1n) is 12.7. The second-order valence-electron chi connectivity index (χ2n) is 10.5. The van der Waals surface area contributed by atoms with E-state index in [9.17, 15) is 10.1 Å². The molecule has 4 rings (SSSR count). The van der Waals surface area contributed by atoms with E-state index in [1.807, 2.05) is 29.2 Å². The van der Waals surface area contributed by atoms with Gasteiger partial charge in [-0.15, -0.1) is 0 Å². The number of rotatable bonds is 7. The minimum atomic E-state index is -0.501. The Hall–Kier alpha value is -2.99. The number of amides is 1. The van der Waals surface area contributed by atoms with Crippen molar-refractivity contribution < 1.29 is 14.3 Å². The molecule has 2 aliphatic rings. The molecule has 0 radical (unpaired) electrons. The molecule has 0 aliphatic carbocycles. The minimum Gasteiger partial charge on any atom is -0.379 e. The third-order valence-electron chi connectivity index (χ3n) is 7.14. The normalized spacial score (nSPS) is 20.5. The van der Waals surface area contributed by atoms with E-state index >= 15 is 0 Å².